The fourth-order valence-corrected chi connectivity index (χ4v) is 4.50. The van der Waals surface area contributed by atoms with Crippen molar-refractivity contribution in [3.63, 3.8) is 0 Å². The van der Waals surface area contributed by atoms with Crippen molar-refractivity contribution in [3.8, 4) is 11.6 Å². The number of amides is 2. The van der Waals surface area contributed by atoms with Gasteiger partial charge in [-0.3, -0.25) is 4.79 Å². The van der Waals surface area contributed by atoms with Crippen molar-refractivity contribution in [1.29, 1.82) is 0 Å². The summed E-state index contributed by atoms with van der Waals surface area (Å²) in [4.78, 5) is 50.2. The number of fused-ring (bicyclic) bond motifs is 1. The molecule has 1 aromatic heterocycles. The van der Waals surface area contributed by atoms with Gasteiger partial charge in [0, 0.05) is 18.4 Å². The first-order chi connectivity index (χ1) is 18.5. The van der Waals surface area contributed by atoms with Crippen LogP contribution >= 0.6 is 0 Å². The lowest BCUT2D eigenvalue weighted by Crippen LogP contribution is -2.57. The summed E-state index contributed by atoms with van der Waals surface area (Å²) < 4.78 is 22.1. The largest absolute Gasteiger partial charge is 0.497 e. The van der Waals surface area contributed by atoms with Gasteiger partial charge in [-0.2, -0.15) is 0 Å². The predicted molar refractivity (Wildman–Crippen MR) is 149 cm³/mol. The first kappa shape index (κ1) is 30.9. The lowest BCUT2D eigenvalue weighted by Gasteiger charge is -2.35. The molecule has 1 aliphatic heterocycles. The number of rotatable bonds is 7. The molecule has 0 saturated carbocycles. The molecule has 11 heteroatoms. The highest BCUT2D eigenvalue weighted by Gasteiger charge is 2.46. The second-order valence-corrected chi connectivity index (χ2v) is 12.4. The van der Waals surface area contributed by atoms with E-state index in [0.29, 0.717) is 28.4 Å². The third-order valence-electron chi connectivity index (χ3n) is 6.48. The van der Waals surface area contributed by atoms with E-state index in [1.165, 1.54) is 12.0 Å². The standard InChI is InChI=1S/C29H42N4O7/c1-16(2)22-24(31-20-13-17(37-9)11-12-19(20)30-22)39-18-14-21(26(35)38-10)33(15-18)25(34)23(28(3,4)5)32-27(36)40-29(6,7)8/h11-13,16,18,21,23H,14-15H2,1-10H3,(H,32,36)/t18-,21+,23-/m1/s1. The van der Waals surface area contributed by atoms with Crippen LogP contribution < -0.4 is 14.8 Å². The number of aromatic nitrogens is 2. The van der Waals surface area contributed by atoms with Crippen LogP contribution in [0.5, 0.6) is 11.6 Å². The zero-order chi connectivity index (χ0) is 30.0. The van der Waals surface area contributed by atoms with E-state index in [2.05, 4.69) is 5.32 Å². The number of carbonyl (C=O) groups is 3. The summed E-state index contributed by atoms with van der Waals surface area (Å²) in [5.41, 5.74) is 0.547. The van der Waals surface area contributed by atoms with Crippen LogP contribution in [0.4, 0.5) is 4.79 Å². The average Bonchev–Trinajstić information content (AvgIpc) is 3.27. The zero-order valence-electron chi connectivity index (χ0n) is 25.2. The van der Waals surface area contributed by atoms with Crippen molar-refractivity contribution in [2.75, 3.05) is 20.8 Å². The molecule has 3 atom stereocenters. The molecule has 1 aromatic carbocycles. The SMILES string of the molecule is COC(=O)[C@@H]1C[C@@H](Oc2nc3cc(OC)ccc3nc2C(C)C)CN1C(=O)[C@@H](NC(=O)OC(C)(C)C)C(C)(C)C. The second kappa shape index (κ2) is 11.9. The summed E-state index contributed by atoms with van der Waals surface area (Å²) in [6.45, 7) is 14.8. The van der Waals surface area contributed by atoms with E-state index in [1.54, 1.807) is 33.9 Å². The Labute approximate surface area is 235 Å². The number of ether oxygens (including phenoxy) is 4. The Kier molecular flexibility index (Phi) is 9.16. The number of esters is 1. The molecule has 1 fully saturated rings. The first-order valence-corrected chi connectivity index (χ1v) is 13.4. The van der Waals surface area contributed by atoms with Gasteiger partial charge in [-0.15, -0.1) is 0 Å². The Bertz CT molecular complexity index is 1250. The summed E-state index contributed by atoms with van der Waals surface area (Å²) in [5, 5.41) is 2.71. The minimum Gasteiger partial charge on any atom is -0.497 e. The molecular weight excluding hydrogens is 516 g/mol. The van der Waals surface area contributed by atoms with Crippen molar-refractivity contribution in [1.82, 2.24) is 20.2 Å². The Morgan fingerprint density at radius 3 is 2.25 bits per heavy atom. The Morgan fingerprint density at radius 1 is 1.02 bits per heavy atom. The number of alkyl carbamates (subject to hydrolysis) is 1. The van der Waals surface area contributed by atoms with Crippen molar-refractivity contribution >= 4 is 29.0 Å². The molecule has 1 N–H and O–H groups in total. The van der Waals surface area contributed by atoms with Gasteiger partial charge in [0.1, 0.15) is 35.2 Å². The van der Waals surface area contributed by atoms with Crippen LogP contribution in [0.15, 0.2) is 18.2 Å². The van der Waals surface area contributed by atoms with Gasteiger partial charge in [-0.25, -0.2) is 19.6 Å². The van der Waals surface area contributed by atoms with E-state index < -0.39 is 47.2 Å². The lowest BCUT2D eigenvalue weighted by molar-refractivity contribution is -0.152. The Morgan fingerprint density at radius 2 is 1.70 bits per heavy atom. The van der Waals surface area contributed by atoms with Gasteiger partial charge in [0.2, 0.25) is 11.8 Å². The highest BCUT2D eigenvalue weighted by Crippen LogP contribution is 2.32. The molecule has 0 bridgehead atoms. The average molecular weight is 559 g/mol. The van der Waals surface area contributed by atoms with Crippen molar-refractivity contribution in [3.05, 3.63) is 23.9 Å². The molecule has 2 aromatic rings. The Balaban J connectivity index is 1.92. The third kappa shape index (κ3) is 7.31. The summed E-state index contributed by atoms with van der Waals surface area (Å²) in [6, 6.07) is 3.57. The van der Waals surface area contributed by atoms with Crippen LogP contribution in [-0.2, 0) is 19.1 Å². The summed E-state index contributed by atoms with van der Waals surface area (Å²) >= 11 is 0. The van der Waals surface area contributed by atoms with Crippen molar-refractivity contribution in [2.24, 2.45) is 5.41 Å². The molecule has 1 aliphatic rings. The second-order valence-electron chi connectivity index (χ2n) is 12.4. The smallest absolute Gasteiger partial charge is 0.408 e. The first-order valence-electron chi connectivity index (χ1n) is 13.4. The van der Waals surface area contributed by atoms with Gasteiger partial charge in [0.05, 0.1) is 31.8 Å². The normalized spacial score (nSPS) is 18.4. The van der Waals surface area contributed by atoms with E-state index in [1.807, 2.05) is 46.8 Å². The summed E-state index contributed by atoms with van der Waals surface area (Å²) in [7, 11) is 2.85. The van der Waals surface area contributed by atoms with Gasteiger partial charge >= 0.3 is 12.1 Å². The van der Waals surface area contributed by atoms with Crippen LogP contribution in [-0.4, -0.2) is 77.4 Å². The molecule has 220 valence electrons. The van der Waals surface area contributed by atoms with E-state index in [0.717, 1.165) is 0 Å². The quantitative estimate of drug-likeness (QED) is 0.497. The van der Waals surface area contributed by atoms with Crippen LogP contribution in [0.3, 0.4) is 0 Å². The van der Waals surface area contributed by atoms with Crippen LogP contribution in [0.1, 0.15) is 73.4 Å². The minimum absolute atomic E-state index is 0.00726. The fourth-order valence-electron chi connectivity index (χ4n) is 4.50. The van der Waals surface area contributed by atoms with Crippen LogP contribution in [0.25, 0.3) is 11.0 Å². The summed E-state index contributed by atoms with van der Waals surface area (Å²) in [6.07, 6.45) is -1.09. The van der Waals surface area contributed by atoms with Gasteiger partial charge in [-0.1, -0.05) is 34.6 Å². The van der Waals surface area contributed by atoms with Crippen molar-refractivity contribution in [2.45, 2.75) is 91.5 Å². The molecule has 1 saturated heterocycles. The minimum atomic E-state index is -0.965. The number of carbonyl (C=O) groups excluding carboxylic acids is 3. The number of methoxy groups -OCH3 is 2. The maximum absolute atomic E-state index is 13.9. The lowest BCUT2D eigenvalue weighted by atomic mass is 9.85. The van der Waals surface area contributed by atoms with E-state index in [-0.39, 0.29) is 18.9 Å². The number of benzene rings is 1. The molecule has 0 aliphatic carbocycles. The van der Waals surface area contributed by atoms with E-state index in [4.69, 9.17) is 28.9 Å². The molecule has 3 rings (SSSR count). The third-order valence-corrected chi connectivity index (χ3v) is 6.48. The predicted octanol–water partition coefficient (Wildman–Crippen LogP) is 4.22. The highest BCUT2D eigenvalue weighted by atomic mass is 16.6. The zero-order valence-corrected chi connectivity index (χ0v) is 25.2. The van der Waals surface area contributed by atoms with Crippen molar-refractivity contribution < 1.29 is 33.3 Å². The highest BCUT2D eigenvalue weighted by molar-refractivity contribution is 5.91. The molecule has 40 heavy (non-hydrogen) atoms. The molecule has 2 amide bonds. The molecule has 0 spiro atoms. The van der Waals surface area contributed by atoms with Gasteiger partial charge in [0.15, 0.2) is 0 Å². The number of nitrogens with one attached hydrogen (secondary N) is 1. The Hall–Kier alpha value is -3.63. The molecular formula is C29H42N4O7. The van der Waals surface area contributed by atoms with E-state index >= 15 is 0 Å². The molecule has 0 unspecified atom stereocenters. The number of likely N-dealkylation sites (tertiary alicyclic amines) is 1. The van der Waals surface area contributed by atoms with Crippen LogP contribution in [0, 0.1) is 5.41 Å². The summed E-state index contributed by atoms with van der Waals surface area (Å²) in [5.74, 6) is -0.0222. The number of hydrogen-bond acceptors (Lipinski definition) is 9. The number of hydrogen-bond donors (Lipinski definition) is 1. The fraction of sp³-hybridized carbons (Fsp3) is 0.621. The monoisotopic (exact) mass is 558 g/mol. The van der Waals surface area contributed by atoms with Gasteiger partial charge < -0.3 is 29.2 Å². The number of nitrogens with zero attached hydrogens (tertiary/aromatic N) is 3. The molecule has 2 heterocycles. The van der Waals surface area contributed by atoms with E-state index in [9.17, 15) is 14.4 Å². The van der Waals surface area contributed by atoms with Crippen LogP contribution in [0.2, 0.25) is 0 Å². The maximum Gasteiger partial charge on any atom is 0.408 e. The molecule has 11 nitrogen and oxygen atoms in total. The van der Waals surface area contributed by atoms with Gasteiger partial charge in [-0.05, 0) is 38.3 Å². The maximum atomic E-state index is 13.9. The van der Waals surface area contributed by atoms with Gasteiger partial charge in [0.25, 0.3) is 0 Å². The molecule has 0 radical (unpaired) electrons. The topological polar surface area (TPSA) is 129 Å².